The van der Waals surface area contributed by atoms with Gasteiger partial charge < -0.3 is 9.80 Å². The Morgan fingerprint density at radius 1 is 1.20 bits per heavy atom. The lowest BCUT2D eigenvalue weighted by atomic mass is 10.1. The van der Waals surface area contributed by atoms with Crippen LogP contribution < -0.4 is 9.80 Å². The lowest BCUT2D eigenvalue weighted by Gasteiger charge is -2.20. The maximum atomic E-state index is 11.6. The van der Waals surface area contributed by atoms with Crippen molar-refractivity contribution < 1.29 is 9.72 Å². The Morgan fingerprint density at radius 2 is 1.90 bits per heavy atom. The third-order valence-electron chi connectivity index (χ3n) is 4.09. The molecule has 1 saturated heterocycles. The van der Waals surface area contributed by atoms with Gasteiger partial charge >= 0.3 is 0 Å². The van der Waals surface area contributed by atoms with Gasteiger partial charge in [0.1, 0.15) is 5.69 Å². The van der Waals surface area contributed by atoms with Gasteiger partial charge in [-0.2, -0.15) is 0 Å². The maximum Gasteiger partial charge on any atom is 0.294 e. The van der Waals surface area contributed by atoms with Crippen molar-refractivity contribution in [2.75, 3.05) is 29.4 Å². The lowest BCUT2D eigenvalue weighted by molar-refractivity contribution is -0.384. The number of amides is 1. The molecule has 2 aliphatic heterocycles. The molecule has 2 heterocycles. The predicted molar refractivity (Wildman–Crippen MR) is 76.3 cm³/mol. The van der Waals surface area contributed by atoms with E-state index in [2.05, 4.69) is 4.90 Å². The number of fused-ring (bicyclic) bond motifs is 1. The van der Waals surface area contributed by atoms with E-state index >= 15 is 0 Å². The number of nitrogens with zero attached hydrogens (tertiary/aromatic N) is 3. The van der Waals surface area contributed by atoms with Crippen LogP contribution in [-0.4, -0.2) is 30.5 Å². The van der Waals surface area contributed by atoms with Gasteiger partial charge in [0.2, 0.25) is 5.91 Å². The van der Waals surface area contributed by atoms with Crippen LogP contribution in [0.3, 0.4) is 0 Å². The second-order valence-electron chi connectivity index (χ2n) is 5.34. The summed E-state index contributed by atoms with van der Waals surface area (Å²) in [5.74, 6) is -0.0630. The molecule has 6 heteroatoms. The van der Waals surface area contributed by atoms with Crippen molar-refractivity contribution in [3.8, 4) is 0 Å². The minimum atomic E-state index is -0.343. The zero-order valence-electron chi connectivity index (χ0n) is 11.5. The molecule has 1 amide bonds. The summed E-state index contributed by atoms with van der Waals surface area (Å²) in [7, 11) is 0. The van der Waals surface area contributed by atoms with E-state index in [1.807, 2.05) is 6.07 Å². The third kappa shape index (κ3) is 2.01. The van der Waals surface area contributed by atoms with Gasteiger partial charge in [0.15, 0.2) is 0 Å². The first-order valence-electron chi connectivity index (χ1n) is 6.92. The van der Waals surface area contributed by atoms with Crippen molar-refractivity contribution in [1.29, 1.82) is 0 Å². The molecule has 0 spiro atoms. The average Bonchev–Trinajstić information content (AvgIpc) is 3.06. The number of nitro groups is 1. The monoisotopic (exact) mass is 275 g/mol. The summed E-state index contributed by atoms with van der Waals surface area (Å²) < 4.78 is 0. The summed E-state index contributed by atoms with van der Waals surface area (Å²) in [5.41, 5.74) is 2.55. The second kappa shape index (κ2) is 4.77. The lowest BCUT2D eigenvalue weighted by Crippen LogP contribution is -2.26. The minimum Gasteiger partial charge on any atom is -0.366 e. The molecule has 0 unspecified atom stereocenters. The van der Waals surface area contributed by atoms with Gasteiger partial charge in [-0.15, -0.1) is 0 Å². The van der Waals surface area contributed by atoms with Crippen molar-refractivity contribution in [2.24, 2.45) is 0 Å². The van der Waals surface area contributed by atoms with Crippen molar-refractivity contribution in [3.63, 3.8) is 0 Å². The van der Waals surface area contributed by atoms with E-state index in [1.54, 1.807) is 11.0 Å². The number of benzene rings is 1. The molecule has 20 heavy (non-hydrogen) atoms. The molecule has 1 aromatic rings. The first kappa shape index (κ1) is 12.9. The van der Waals surface area contributed by atoms with Crippen LogP contribution in [0.5, 0.6) is 0 Å². The number of nitro benzene ring substituents is 1. The van der Waals surface area contributed by atoms with Gasteiger partial charge in [0, 0.05) is 32.6 Å². The van der Waals surface area contributed by atoms with Gasteiger partial charge in [-0.25, -0.2) is 0 Å². The van der Waals surface area contributed by atoms with Gasteiger partial charge in [0.05, 0.1) is 10.6 Å². The van der Waals surface area contributed by atoms with E-state index in [-0.39, 0.29) is 16.5 Å². The van der Waals surface area contributed by atoms with Gasteiger partial charge in [0.25, 0.3) is 5.69 Å². The van der Waals surface area contributed by atoms with E-state index < -0.39 is 0 Å². The quantitative estimate of drug-likeness (QED) is 0.612. The molecule has 2 aliphatic rings. The molecular formula is C14H17N3O3. The van der Waals surface area contributed by atoms with Crippen LogP contribution in [0.4, 0.5) is 17.1 Å². The van der Waals surface area contributed by atoms with Crippen molar-refractivity contribution >= 4 is 23.0 Å². The number of carbonyl (C=O) groups is 1. The third-order valence-corrected chi connectivity index (χ3v) is 4.09. The number of anilines is 2. The smallest absolute Gasteiger partial charge is 0.294 e. The predicted octanol–water partition coefficient (Wildman–Crippen LogP) is 2.10. The van der Waals surface area contributed by atoms with Crippen LogP contribution >= 0.6 is 0 Å². The van der Waals surface area contributed by atoms with E-state index in [9.17, 15) is 14.9 Å². The van der Waals surface area contributed by atoms with Crippen LogP contribution in [0.15, 0.2) is 12.1 Å². The second-order valence-corrected chi connectivity index (χ2v) is 5.34. The fraction of sp³-hybridized carbons (Fsp3) is 0.500. The highest BCUT2D eigenvalue weighted by Crippen LogP contribution is 2.39. The molecule has 0 radical (unpaired) electrons. The Morgan fingerprint density at radius 3 is 2.50 bits per heavy atom. The molecular weight excluding hydrogens is 258 g/mol. The molecule has 106 valence electrons. The molecule has 3 rings (SSSR count). The highest BCUT2D eigenvalue weighted by molar-refractivity contribution is 5.95. The number of carbonyl (C=O) groups excluding carboxylic acids is 1. The van der Waals surface area contributed by atoms with E-state index in [0.29, 0.717) is 17.9 Å². The van der Waals surface area contributed by atoms with Gasteiger partial charge in [-0.05, 0) is 30.9 Å². The van der Waals surface area contributed by atoms with Crippen LogP contribution in [0.25, 0.3) is 0 Å². The van der Waals surface area contributed by atoms with E-state index in [4.69, 9.17) is 0 Å². The van der Waals surface area contributed by atoms with Crippen molar-refractivity contribution in [1.82, 2.24) is 0 Å². The number of hydrogen-bond donors (Lipinski definition) is 0. The van der Waals surface area contributed by atoms with Gasteiger partial charge in [-0.1, -0.05) is 0 Å². The molecule has 1 fully saturated rings. The van der Waals surface area contributed by atoms with E-state index in [1.165, 1.54) is 6.92 Å². The highest BCUT2D eigenvalue weighted by Gasteiger charge is 2.30. The number of rotatable bonds is 2. The topological polar surface area (TPSA) is 66.7 Å². The Hall–Kier alpha value is -2.11. The number of hydrogen-bond acceptors (Lipinski definition) is 4. The van der Waals surface area contributed by atoms with Crippen molar-refractivity contribution in [3.05, 3.63) is 27.8 Å². The Bertz CT molecular complexity index is 579. The van der Waals surface area contributed by atoms with Gasteiger partial charge in [-0.3, -0.25) is 14.9 Å². The largest absolute Gasteiger partial charge is 0.366 e. The molecule has 0 saturated carbocycles. The van der Waals surface area contributed by atoms with Crippen LogP contribution in [0.1, 0.15) is 25.3 Å². The standard InChI is InChI=1S/C14H17N3O3/c1-10(18)16-7-4-11-8-13(15-5-2-3-6-15)14(17(19)20)9-12(11)16/h8-9H,2-7H2,1H3. The molecule has 6 nitrogen and oxygen atoms in total. The summed E-state index contributed by atoms with van der Waals surface area (Å²) in [5, 5.41) is 11.3. The van der Waals surface area contributed by atoms with Crippen LogP contribution in [-0.2, 0) is 11.2 Å². The van der Waals surface area contributed by atoms with Crippen LogP contribution in [0, 0.1) is 10.1 Å². The molecule has 0 aliphatic carbocycles. The fourth-order valence-corrected chi connectivity index (χ4v) is 3.10. The molecule has 0 atom stereocenters. The first-order valence-corrected chi connectivity index (χ1v) is 6.92. The molecule has 1 aromatic carbocycles. The molecule has 0 aromatic heterocycles. The summed E-state index contributed by atoms with van der Waals surface area (Å²) in [6.45, 7) is 3.85. The SMILES string of the molecule is CC(=O)N1CCc2cc(N3CCCC3)c([N+](=O)[O-])cc21. The highest BCUT2D eigenvalue weighted by atomic mass is 16.6. The molecule has 0 bridgehead atoms. The summed E-state index contributed by atoms with van der Waals surface area (Å²) in [6, 6.07) is 3.47. The van der Waals surface area contributed by atoms with Crippen molar-refractivity contribution in [2.45, 2.75) is 26.2 Å². The summed E-state index contributed by atoms with van der Waals surface area (Å²) >= 11 is 0. The average molecular weight is 275 g/mol. The van der Waals surface area contributed by atoms with E-state index in [0.717, 1.165) is 37.9 Å². The maximum absolute atomic E-state index is 11.6. The summed E-state index contributed by atoms with van der Waals surface area (Å²) in [4.78, 5) is 26.3. The first-order chi connectivity index (χ1) is 9.58. The molecule has 0 N–H and O–H groups in total. The Kier molecular flexibility index (Phi) is 3.08. The Labute approximate surface area is 117 Å². The summed E-state index contributed by atoms with van der Waals surface area (Å²) in [6.07, 6.45) is 2.93. The zero-order chi connectivity index (χ0) is 14.3. The normalized spacial score (nSPS) is 17.4. The van der Waals surface area contributed by atoms with Crippen LogP contribution in [0.2, 0.25) is 0 Å². The Balaban J connectivity index is 2.08. The fourth-order valence-electron chi connectivity index (χ4n) is 3.10. The minimum absolute atomic E-state index is 0.0630. The zero-order valence-corrected chi connectivity index (χ0v) is 11.5.